The molecule has 6 nitrogen and oxygen atoms in total. The van der Waals surface area contributed by atoms with E-state index in [0.29, 0.717) is 31.1 Å². The van der Waals surface area contributed by atoms with E-state index in [-0.39, 0.29) is 17.7 Å². The summed E-state index contributed by atoms with van der Waals surface area (Å²) in [7, 11) is -3.46. The van der Waals surface area contributed by atoms with E-state index in [0.717, 1.165) is 28.4 Å². The van der Waals surface area contributed by atoms with Crippen LogP contribution in [0.25, 0.3) is 10.8 Å². The van der Waals surface area contributed by atoms with Gasteiger partial charge in [0.2, 0.25) is 15.9 Å². The maximum atomic E-state index is 12.8. The highest BCUT2D eigenvalue weighted by Crippen LogP contribution is 2.48. The Labute approximate surface area is 182 Å². The lowest BCUT2D eigenvalue weighted by Gasteiger charge is -2.26. The van der Waals surface area contributed by atoms with Crippen molar-refractivity contribution in [3.8, 4) is 0 Å². The first-order valence-corrected chi connectivity index (χ1v) is 12.1. The van der Waals surface area contributed by atoms with Crippen LogP contribution >= 0.6 is 0 Å². The lowest BCUT2D eigenvalue weighted by molar-refractivity contribution is -0.117. The standard InChI is InChI=1S/C24H25N3O3S/c28-24(26-20-8-5-17-3-1-2-4-19(17)15-20)23-16-22(23)18-6-9-21(10-7-18)31(29,30)27-13-11-25-12-14-27/h1-10,15,22-23,25H,11-14,16H2,(H,26,28)/t22?,23-/m1/s1. The molecule has 1 unspecified atom stereocenters. The third kappa shape index (κ3) is 4.08. The summed E-state index contributed by atoms with van der Waals surface area (Å²) in [5.74, 6) is 0.0660. The lowest BCUT2D eigenvalue weighted by Crippen LogP contribution is -2.46. The highest BCUT2D eigenvalue weighted by Gasteiger charge is 2.44. The summed E-state index contributed by atoms with van der Waals surface area (Å²) in [4.78, 5) is 13.0. The molecule has 1 saturated heterocycles. The van der Waals surface area contributed by atoms with Gasteiger partial charge in [0.05, 0.1) is 4.90 Å². The van der Waals surface area contributed by atoms with Gasteiger partial charge in [-0.3, -0.25) is 4.79 Å². The molecule has 2 atom stereocenters. The molecule has 2 N–H and O–H groups in total. The smallest absolute Gasteiger partial charge is 0.243 e. The summed E-state index contributed by atoms with van der Waals surface area (Å²) in [5.41, 5.74) is 1.81. The van der Waals surface area contributed by atoms with Crippen LogP contribution in [0.1, 0.15) is 17.9 Å². The van der Waals surface area contributed by atoms with Gasteiger partial charge in [0.25, 0.3) is 0 Å². The molecule has 3 aromatic rings. The van der Waals surface area contributed by atoms with Crippen molar-refractivity contribution in [3.05, 3.63) is 72.3 Å². The molecule has 160 valence electrons. The summed E-state index contributed by atoms with van der Waals surface area (Å²) in [6.45, 7) is 2.33. The van der Waals surface area contributed by atoms with E-state index in [1.54, 1.807) is 12.1 Å². The SMILES string of the molecule is O=C(Nc1ccc2ccccc2c1)[C@@H]1CC1c1ccc(S(=O)(=O)N2CCNCC2)cc1. The number of carbonyl (C=O) groups is 1. The zero-order valence-corrected chi connectivity index (χ0v) is 17.9. The van der Waals surface area contributed by atoms with E-state index < -0.39 is 10.0 Å². The van der Waals surface area contributed by atoms with E-state index in [9.17, 15) is 13.2 Å². The van der Waals surface area contributed by atoms with Crippen LogP contribution in [0.15, 0.2) is 71.6 Å². The Hall–Kier alpha value is -2.74. The fraction of sp³-hybridized carbons (Fsp3) is 0.292. The molecule has 5 rings (SSSR count). The van der Waals surface area contributed by atoms with Gasteiger partial charge in [-0.1, -0.05) is 42.5 Å². The van der Waals surface area contributed by atoms with Crippen LogP contribution in [0.5, 0.6) is 0 Å². The van der Waals surface area contributed by atoms with Crippen LogP contribution < -0.4 is 10.6 Å². The molecule has 1 saturated carbocycles. The first-order chi connectivity index (χ1) is 15.0. The summed E-state index contributed by atoms with van der Waals surface area (Å²) in [6.07, 6.45) is 0.781. The number of piperazine rings is 1. The number of carbonyl (C=O) groups excluding carboxylic acids is 1. The lowest BCUT2D eigenvalue weighted by atomic mass is 10.1. The Balaban J connectivity index is 1.24. The largest absolute Gasteiger partial charge is 0.326 e. The molecule has 0 aromatic heterocycles. The monoisotopic (exact) mass is 435 g/mol. The minimum Gasteiger partial charge on any atom is -0.326 e. The van der Waals surface area contributed by atoms with Crippen LogP contribution in [0.4, 0.5) is 5.69 Å². The van der Waals surface area contributed by atoms with Gasteiger partial charge in [0.15, 0.2) is 0 Å². The molecule has 2 fully saturated rings. The number of nitrogens with zero attached hydrogens (tertiary/aromatic N) is 1. The van der Waals surface area contributed by atoms with Gasteiger partial charge in [0.1, 0.15) is 0 Å². The molecule has 0 radical (unpaired) electrons. The molecule has 0 bridgehead atoms. The Bertz CT molecular complexity index is 1220. The first-order valence-electron chi connectivity index (χ1n) is 10.6. The Kier molecular flexibility index (Phi) is 5.25. The maximum Gasteiger partial charge on any atom is 0.243 e. The summed E-state index contributed by atoms with van der Waals surface area (Å²) < 4.78 is 27.1. The van der Waals surface area contributed by atoms with E-state index in [1.165, 1.54) is 4.31 Å². The van der Waals surface area contributed by atoms with Crippen LogP contribution in [0, 0.1) is 5.92 Å². The quantitative estimate of drug-likeness (QED) is 0.645. The van der Waals surface area contributed by atoms with Gasteiger partial charge < -0.3 is 10.6 Å². The van der Waals surface area contributed by atoms with Gasteiger partial charge in [-0.2, -0.15) is 4.31 Å². The first kappa shape index (κ1) is 20.2. The minimum absolute atomic E-state index is 0.0118. The van der Waals surface area contributed by atoms with Crippen LogP contribution in [0.3, 0.4) is 0 Å². The zero-order valence-electron chi connectivity index (χ0n) is 17.1. The number of amides is 1. The molecule has 2 aliphatic rings. The molecule has 1 heterocycles. The fourth-order valence-corrected chi connectivity index (χ4v) is 5.72. The van der Waals surface area contributed by atoms with E-state index in [1.807, 2.05) is 54.6 Å². The summed E-state index contributed by atoms with van der Waals surface area (Å²) in [6, 6.07) is 21.0. The van der Waals surface area contributed by atoms with E-state index in [2.05, 4.69) is 10.6 Å². The van der Waals surface area contributed by atoms with Crippen molar-refractivity contribution in [2.75, 3.05) is 31.5 Å². The van der Waals surface area contributed by atoms with Crippen LogP contribution in [-0.4, -0.2) is 44.8 Å². The molecule has 1 aliphatic carbocycles. The number of rotatable bonds is 5. The maximum absolute atomic E-state index is 12.8. The molecular formula is C24H25N3O3S. The Morgan fingerprint density at radius 1 is 0.935 bits per heavy atom. The van der Waals surface area contributed by atoms with E-state index >= 15 is 0 Å². The highest BCUT2D eigenvalue weighted by atomic mass is 32.2. The minimum atomic E-state index is -3.46. The van der Waals surface area contributed by atoms with Gasteiger partial charge in [-0.05, 0) is 52.9 Å². The Morgan fingerprint density at radius 2 is 1.65 bits per heavy atom. The van der Waals surface area contributed by atoms with Crippen molar-refractivity contribution in [1.29, 1.82) is 0 Å². The summed E-state index contributed by atoms with van der Waals surface area (Å²) >= 11 is 0. The van der Waals surface area contributed by atoms with Gasteiger partial charge in [-0.15, -0.1) is 0 Å². The number of fused-ring (bicyclic) bond motifs is 1. The number of hydrogen-bond acceptors (Lipinski definition) is 4. The molecule has 3 aromatic carbocycles. The van der Waals surface area contributed by atoms with Gasteiger partial charge in [0, 0.05) is 37.8 Å². The molecule has 1 aliphatic heterocycles. The van der Waals surface area contributed by atoms with E-state index in [4.69, 9.17) is 0 Å². The predicted molar refractivity (Wildman–Crippen MR) is 121 cm³/mol. The second-order valence-electron chi connectivity index (χ2n) is 8.22. The van der Waals surface area contributed by atoms with Crippen molar-refractivity contribution in [1.82, 2.24) is 9.62 Å². The normalized spacial score (nSPS) is 21.7. The van der Waals surface area contributed by atoms with Crippen molar-refractivity contribution in [3.63, 3.8) is 0 Å². The van der Waals surface area contributed by atoms with Crippen molar-refractivity contribution < 1.29 is 13.2 Å². The number of nitrogens with one attached hydrogen (secondary N) is 2. The molecule has 31 heavy (non-hydrogen) atoms. The number of benzene rings is 3. The zero-order chi connectivity index (χ0) is 21.4. The fourth-order valence-electron chi connectivity index (χ4n) is 4.28. The average molecular weight is 436 g/mol. The summed E-state index contributed by atoms with van der Waals surface area (Å²) in [5, 5.41) is 8.43. The number of sulfonamides is 1. The third-order valence-electron chi connectivity index (χ3n) is 6.17. The van der Waals surface area contributed by atoms with Crippen molar-refractivity contribution in [2.24, 2.45) is 5.92 Å². The Morgan fingerprint density at radius 3 is 2.39 bits per heavy atom. The number of hydrogen-bond donors (Lipinski definition) is 2. The molecule has 7 heteroatoms. The highest BCUT2D eigenvalue weighted by molar-refractivity contribution is 7.89. The van der Waals surface area contributed by atoms with Crippen molar-refractivity contribution >= 4 is 32.4 Å². The number of anilines is 1. The predicted octanol–water partition coefficient (Wildman–Crippen LogP) is 3.18. The molecule has 0 spiro atoms. The van der Waals surface area contributed by atoms with Crippen molar-refractivity contribution in [2.45, 2.75) is 17.2 Å². The molecule has 1 amide bonds. The van der Waals surface area contributed by atoms with Crippen LogP contribution in [-0.2, 0) is 14.8 Å². The second kappa shape index (κ2) is 8.07. The third-order valence-corrected chi connectivity index (χ3v) is 8.08. The van der Waals surface area contributed by atoms with Gasteiger partial charge >= 0.3 is 0 Å². The topological polar surface area (TPSA) is 78.5 Å². The second-order valence-corrected chi connectivity index (χ2v) is 10.2. The molecular weight excluding hydrogens is 410 g/mol. The van der Waals surface area contributed by atoms with Gasteiger partial charge in [-0.25, -0.2) is 8.42 Å². The van der Waals surface area contributed by atoms with Crippen LogP contribution in [0.2, 0.25) is 0 Å². The average Bonchev–Trinajstić information content (AvgIpc) is 3.61.